The molecule has 0 unspecified atom stereocenters. The molecule has 1 aliphatic heterocycles. The van der Waals surface area contributed by atoms with E-state index in [9.17, 15) is 9.59 Å². The number of carbonyl (C=O) groups is 2. The Morgan fingerprint density at radius 1 is 1.40 bits per heavy atom. The van der Waals surface area contributed by atoms with Crippen LogP contribution in [-0.4, -0.2) is 23.8 Å². The standard InChI is InChI=1S/C19H22ClN3O2/c1-3-4-7-16(20)10-8-14(2)21-19(25)23-12-5-6-15-9-11-17(13-24)22-18(15)23/h4,7-11,13H,3,5-6,12H2,1-2H3,(H,21,25)/b7-4+,14-8+,16-10+. The number of carbonyl (C=O) groups excluding carboxylic acids is 2. The SMILES string of the molecule is CC/C=C/C(Cl)=C\C=C(/C)NC(=O)N1CCCc2ccc(C=O)nc21. The van der Waals surface area contributed by atoms with Gasteiger partial charge in [-0.2, -0.15) is 0 Å². The molecule has 0 spiro atoms. The number of allylic oxidation sites excluding steroid dienone is 6. The summed E-state index contributed by atoms with van der Waals surface area (Å²) in [5.41, 5.74) is 1.97. The van der Waals surface area contributed by atoms with Gasteiger partial charge in [0.15, 0.2) is 6.29 Å². The van der Waals surface area contributed by atoms with Crippen LogP contribution in [0.15, 0.2) is 47.2 Å². The molecule has 0 saturated carbocycles. The number of aryl methyl sites for hydroxylation is 1. The summed E-state index contributed by atoms with van der Waals surface area (Å²) in [4.78, 5) is 29.4. The fourth-order valence-electron chi connectivity index (χ4n) is 2.49. The van der Waals surface area contributed by atoms with Crippen molar-refractivity contribution < 1.29 is 9.59 Å². The van der Waals surface area contributed by atoms with Crippen LogP contribution in [0.2, 0.25) is 0 Å². The number of nitrogens with zero attached hydrogens (tertiary/aromatic N) is 2. The van der Waals surface area contributed by atoms with Crippen molar-refractivity contribution in [3.05, 3.63) is 58.4 Å². The molecule has 1 aromatic rings. The number of nitrogens with one attached hydrogen (secondary N) is 1. The molecule has 0 saturated heterocycles. The zero-order valence-corrected chi connectivity index (χ0v) is 15.2. The molecule has 0 atom stereocenters. The van der Waals surface area contributed by atoms with Crippen LogP contribution in [-0.2, 0) is 6.42 Å². The Balaban J connectivity index is 2.12. The van der Waals surface area contributed by atoms with Gasteiger partial charge in [0.05, 0.1) is 0 Å². The summed E-state index contributed by atoms with van der Waals surface area (Å²) in [7, 11) is 0. The monoisotopic (exact) mass is 359 g/mol. The lowest BCUT2D eigenvalue weighted by molar-refractivity contribution is 0.111. The molecule has 132 valence electrons. The van der Waals surface area contributed by atoms with Crippen molar-refractivity contribution in [3.63, 3.8) is 0 Å². The number of aromatic nitrogens is 1. The molecule has 2 rings (SSSR count). The maximum atomic E-state index is 12.6. The van der Waals surface area contributed by atoms with Crippen molar-refractivity contribution in [2.24, 2.45) is 0 Å². The summed E-state index contributed by atoms with van der Waals surface area (Å²) in [6.07, 6.45) is 10.6. The second-order valence-corrected chi connectivity index (χ2v) is 6.17. The third kappa shape index (κ3) is 5.29. The number of pyridine rings is 1. The van der Waals surface area contributed by atoms with Crippen LogP contribution in [0.4, 0.5) is 10.6 Å². The number of urea groups is 1. The lowest BCUT2D eigenvalue weighted by atomic mass is 10.1. The van der Waals surface area contributed by atoms with E-state index < -0.39 is 0 Å². The fourth-order valence-corrected chi connectivity index (χ4v) is 2.64. The Morgan fingerprint density at radius 3 is 2.92 bits per heavy atom. The molecule has 2 amide bonds. The maximum Gasteiger partial charge on any atom is 0.327 e. The minimum absolute atomic E-state index is 0.265. The second kappa shape index (κ2) is 9.18. The molecule has 0 aromatic carbocycles. The van der Waals surface area contributed by atoms with E-state index in [1.54, 1.807) is 30.0 Å². The van der Waals surface area contributed by atoms with E-state index in [1.165, 1.54) is 0 Å². The van der Waals surface area contributed by atoms with E-state index >= 15 is 0 Å². The summed E-state index contributed by atoms with van der Waals surface area (Å²) >= 11 is 6.05. The Labute approximate surface area is 153 Å². The number of anilines is 1. The number of hydrogen-bond acceptors (Lipinski definition) is 3. The van der Waals surface area contributed by atoms with Crippen LogP contribution < -0.4 is 10.2 Å². The van der Waals surface area contributed by atoms with Crippen molar-refractivity contribution in [3.8, 4) is 0 Å². The number of aldehydes is 1. The van der Waals surface area contributed by atoms with E-state index in [2.05, 4.69) is 10.3 Å². The van der Waals surface area contributed by atoms with Crippen molar-refractivity contribution in [2.45, 2.75) is 33.1 Å². The minimum atomic E-state index is -0.265. The molecule has 0 bridgehead atoms. The first-order chi connectivity index (χ1) is 12.0. The molecule has 1 N–H and O–H groups in total. The molecule has 5 nitrogen and oxygen atoms in total. The average Bonchev–Trinajstić information content (AvgIpc) is 2.63. The van der Waals surface area contributed by atoms with Gasteiger partial charge in [0.2, 0.25) is 0 Å². The van der Waals surface area contributed by atoms with E-state index in [0.717, 1.165) is 24.8 Å². The van der Waals surface area contributed by atoms with Crippen molar-refractivity contribution in [1.29, 1.82) is 0 Å². The molecule has 0 aliphatic carbocycles. The van der Waals surface area contributed by atoms with Crippen LogP contribution in [0.25, 0.3) is 0 Å². The van der Waals surface area contributed by atoms with Gasteiger partial charge in [-0.15, -0.1) is 0 Å². The third-order valence-corrected chi connectivity index (χ3v) is 3.99. The number of hydrogen-bond donors (Lipinski definition) is 1. The number of fused-ring (bicyclic) bond motifs is 1. The second-order valence-electron chi connectivity index (χ2n) is 5.73. The highest BCUT2D eigenvalue weighted by atomic mass is 35.5. The average molecular weight is 360 g/mol. The molecule has 1 aromatic heterocycles. The predicted molar refractivity (Wildman–Crippen MR) is 101 cm³/mol. The van der Waals surface area contributed by atoms with Crippen molar-refractivity contribution in [1.82, 2.24) is 10.3 Å². The van der Waals surface area contributed by atoms with Gasteiger partial charge in [0, 0.05) is 17.3 Å². The normalized spacial score (nSPS) is 15.2. The lowest BCUT2D eigenvalue weighted by Gasteiger charge is -2.28. The molecule has 0 radical (unpaired) electrons. The zero-order chi connectivity index (χ0) is 18.2. The van der Waals surface area contributed by atoms with Gasteiger partial charge in [-0.25, -0.2) is 9.78 Å². The van der Waals surface area contributed by atoms with E-state index in [4.69, 9.17) is 11.6 Å². The van der Waals surface area contributed by atoms with Gasteiger partial charge in [-0.1, -0.05) is 30.7 Å². The first kappa shape index (κ1) is 18.9. The molecule has 1 aliphatic rings. The fraction of sp³-hybridized carbons (Fsp3) is 0.316. The topological polar surface area (TPSA) is 62.3 Å². The first-order valence-electron chi connectivity index (χ1n) is 8.29. The van der Waals surface area contributed by atoms with Crippen LogP contribution in [0, 0.1) is 0 Å². The van der Waals surface area contributed by atoms with Gasteiger partial charge < -0.3 is 5.32 Å². The van der Waals surface area contributed by atoms with Crippen LogP contribution in [0.1, 0.15) is 42.7 Å². The molecule has 6 heteroatoms. The molecular weight excluding hydrogens is 338 g/mol. The van der Waals surface area contributed by atoms with Crippen molar-refractivity contribution in [2.75, 3.05) is 11.4 Å². The van der Waals surface area contributed by atoms with Gasteiger partial charge in [0.1, 0.15) is 11.5 Å². The summed E-state index contributed by atoms with van der Waals surface area (Å²) < 4.78 is 0. The van der Waals surface area contributed by atoms with Crippen LogP contribution in [0.3, 0.4) is 0 Å². The maximum absolute atomic E-state index is 12.6. The largest absolute Gasteiger partial charge is 0.327 e. The Bertz CT molecular complexity index is 738. The molecule has 25 heavy (non-hydrogen) atoms. The number of amides is 2. The first-order valence-corrected chi connectivity index (χ1v) is 8.67. The summed E-state index contributed by atoms with van der Waals surface area (Å²) in [5.74, 6) is 0.556. The lowest BCUT2D eigenvalue weighted by Crippen LogP contribution is -2.42. The molecule has 2 heterocycles. The summed E-state index contributed by atoms with van der Waals surface area (Å²) in [5, 5.41) is 3.43. The summed E-state index contributed by atoms with van der Waals surface area (Å²) in [6.45, 7) is 4.39. The quantitative estimate of drug-likeness (QED) is 0.628. The van der Waals surface area contributed by atoms with E-state index in [0.29, 0.717) is 35.1 Å². The number of rotatable bonds is 5. The minimum Gasteiger partial charge on any atom is -0.312 e. The van der Waals surface area contributed by atoms with Gasteiger partial charge >= 0.3 is 6.03 Å². The third-order valence-electron chi connectivity index (χ3n) is 3.74. The van der Waals surface area contributed by atoms with Crippen LogP contribution in [0.5, 0.6) is 0 Å². The zero-order valence-electron chi connectivity index (χ0n) is 14.5. The molecule has 0 fully saturated rings. The highest BCUT2D eigenvalue weighted by molar-refractivity contribution is 6.31. The Kier molecular flexibility index (Phi) is 6.95. The summed E-state index contributed by atoms with van der Waals surface area (Å²) in [6, 6.07) is 3.27. The number of halogens is 1. The predicted octanol–water partition coefficient (Wildman–Crippen LogP) is 4.35. The van der Waals surface area contributed by atoms with Gasteiger partial charge in [-0.05, 0) is 56.0 Å². The highest BCUT2D eigenvalue weighted by Crippen LogP contribution is 2.25. The van der Waals surface area contributed by atoms with E-state index in [-0.39, 0.29) is 6.03 Å². The highest BCUT2D eigenvalue weighted by Gasteiger charge is 2.24. The molecular formula is C19H22ClN3O2. The van der Waals surface area contributed by atoms with Crippen LogP contribution >= 0.6 is 11.6 Å². The van der Waals surface area contributed by atoms with Gasteiger partial charge in [-0.3, -0.25) is 9.69 Å². The van der Waals surface area contributed by atoms with Gasteiger partial charge in [0.25, 0.3) is 0 Å². The Hall–Kier alpha value is -2.40. The van der Waals surface area contributed by atoms with E-state index in [1.807, 2.05) is 25.1 Å². The Morgan fingerprint density at radius 2 is 2.20 bits per heavy atom. The smallest absolute Gasteiger partial charge is 0.312 e. The van der Waals surface area contributed by atoms with Crippen molar-refractivity contribution >= 4 is 29.7 Å².